The Kier molecular flexibility index (Phi) is 12.5. The first-order chi connectivity index (χ1) is 15.7. The van der Waals surface area contributed by atoms with Gasteiger partial charge in [-0.05, 0) is 99.2 Å². The first-order valence-corrected chi connectivity index (χ1v) is 15.4. The quantitative estimate of drug-likeness (QED) is 0.279. The molecule has 1 heteroatoms. The third-order valence-corrected chi connectivity index (χ3v) is 10.4. The van der Waals surface area contributed by atoms with E-state index in [4.69, 9.17) is 5.11 Å². The highest BCUT2D eigenvalue weighted by Gasteiger charge is 2.37. The molecule has 0 aliphatic heterocycles. The zero-order chi connectivity index (χ0) is 22.6. The molecule has 188 valence electrons. The molecule has 32 heavy (non-hydrogen) atoms. The second kappa shape index (κ2) is 15.1. The topological polar surface area (TPSA) is 20.2 Å². The molecule has 3 atom stereocenters. The summed E-state index contributed by atoms with van der Waals surface area (Å²) < 4.78 is 0. The molecule has 3 aliphatic carbocycles. The first-order valence-electron chi connectivity index (χ1n) is 15.4. The van der Waals surface area contributed by atoms with E-state index < -0.39 is 0 Å². The Morgan fingerprint density at radius 3 is 1.75 bits per heavy atom. The SMILES string of the molecule is CCCCCCC1CCC(C2CCC(C3CCC(CCCCCO)CC3CC)CC2)CC1. The van der Waals surface area contributed by atoms with Crippen molar-refractivity contribution < 1.29 is 5.11 Å². The average molecular weight is 447 g/mol. The van der Waals surface area contributed by atoms with Gasteiger partial charge in [0.05, 0.1) is 0 Å². The summed E-state index contributed by atoms with van der Waals surface area (Å²) in [6.45, 7) is 5.18. The van der Waals surface area contributed by atoms with Crippen molar-refractivity contribution in [2.75, 3.05) is 6.61 Å². The van der Waals surface area contributed by atoms with Gasteiger partial charge in [0.1, 0.15) is 0 Å². The second-order valence-corrected chi connectivity index (χ2v) is 12.4. The average Bonchev–Trinajstić information content (AvgIpc) is 2.85. The lowest BCUT2D eigenvalue weighted by atomic mass is 9.61. The van der Waals surface area contributed by atoms with Crippen molar-refractivity contribution in [3.8, 4) is 0 Å². The number of rotatable bonds is 13. The van der Waals surface area contributed by atoms with Crippen molar-refractivity contribution in [1.29, 1.82) is 0 Å². The van der Waals surface area contributed by atoms with E-state index in [2.05, 4.69) is 13.8 Å². The Bertz CT molecular complexity index is 457. The third kappa shape index (κ3) is 8.32. The Hall–Kier alpha value is -0.0400. The minimum absolute atomic E-state index is 0.382. The van der Waals surface area contributed by atoms with E-state index in [0.717, 1.165) is 47.8 Å². The van der Waals surface area contributed by atoms with Gasteiger partial charge >= 0.3 is 0 Å². The van der Waals surface area contributed by atoms with Crippen LogP contribution in [0.3, 0.4) is 0 Å². The van der Waals surface area contributed by atoms with Crippen molar-refractivity contribution in [2.24, 2.45) is 41.4 Å². The molecule has 0 aromatic rings. The fourth-order valence-electron chi connectivity index (χ4n) is 8.31. The van der Waals surface area contributed by atoms with Crippen molar-refractivity contribution in [3.63, 3.8) is 0 Å². The molecular formula is C31H58O. The summed E-state index contributed by atoms with van der Waals surface area (Å²) in [6.07, 6.45) is 30.8. The largest absolute Gasteiger partial charge is 0.396 e. The molecule has 3 rings (SSSR count). The molecule has 0 heterocycles. The summed E-state index contributed by atoms with van der Waals surface area (Å²) in [6, 6.07) is 0. The fourth-order valence-corrected chi connectivity index (χ4v) is 8.31. The molecule has 0 amide bonds. The van der Waals surface area contributed by atoms with Crippen LogP contribution in [0.2, 0.25) is 0 Å². The molecule has 3 aliphatic rings. The molecule has 0 aromatic carbocycles. The zero-order valence-corrected chi connectivity index (χ0v) is 22.0. The van der Waals surface area contributed by atoms with Crippen molar-refractivity contribution >= 4 is 0 Å². The molecule has 0 saturated heterocycles. The van der Waals surface area contributed by atoms with E-state index in [-0.39, 0.29) is 0 Å². The summed E-state index contributed by atoms with van der Waals surface area (Å²) in [7, 11) is 0. The van der Waals surface area contributed by atoms with Crippen LogP contribution in [-0.4, -0.2) is 11.7 Å². The van der Waals surface area contributed by atoms with Crippen LogP contribution in [0.25, 0.3) is 0 Å². The van der Waals surface area contributed by atoms with Gasteiger partial charge in [-0.25, -0.2) is 0 Å². The third-order valence-electron chi connectivity index (χ3n) is 10.4. The summed E-state index contributed by atoms with van der Waals surface area (Å²) in [4.78, 5) is 0. The lowest BCUT2D eigenvalue weighted by Gasteiger charge is -2.44. The number of hydrogen-bond donors (Lipinski definition) is 1. The standard InChI is InChI=1S/C31H58O/c1-3-5-6-8-11-25-13-16-28(17-14-25)29-18-20-30(21-19-29)31-22-15-26(24-27(31)4-2)12-9-7-10-23-32/h25-32H,3-24H2,1-2H3. The maximum absolute atomic E-state index is 9.02. The van der Waals surface area contributed by atoms with Gasteiger partial charge in [0.2, 0.25) is 0 Å². The van der Waals surface area contributed by atoms with Crippen LogP contribution in [0.5, 0.6) is 0 Å². The lowest BCUT2D eigenvalue weighted by molar-refractivity contribution is 0.0641. The Labute approximate surface area is 201 Å². The maximum atomic E-state index is 9.02. The maximum Gasteiger partial charge on any atom is 0.0431 e. The van der Waals surface area contributed by atoms with Crippen molar-refractivity contribution in [2.45, 2.75) is 149 Å². The van der Waals surface area contributed by atoms with E-state index in [1.807, 2.05) is 0 Å². The molecule has 1 nitrogen and oxygen atoms in total. The van der Waals surface area contributed by atoms with Crippen LogP contribution in [0.15, 0.2) is 0 Å². The minimum atomic E-state index is 0.382. The molecule has 3 saturated carbocycles. The van der Waals surface area contributed by atoms with E-state index in [9.17, 15) is 0 Å². The molecular weight excluding hydrogens is 388 g/mol. The monoisotopic (exact) mass is 446 g/mol. The summed E-state index contributed by atoms with van der Waals surface area (Å²) in [5.41, 5.74) is 0. The minimum Gasteiger partial charge on any atom is -0.396 e. The fraction of sp³-hybridized carbons (Fsp3) is 1.00. The van der Waals surface area contributed by atoms with Gasteiger partial charge in [-0.3, -0.25) is 0 Å². The number of aliphatic hydroxyl groups excluding tert-OH is 1. The van der Waals surface area contributed by atoms with Crippen molar-refractivity contribution in [3.05, 3.63) is 0 Å². The molecule has 1 N–H and O–H groups in total. The highest BCUT2D eigenvalue weighted by Crippen LogP contribution is 2.49. The predicted molar refractivity (Wildman–Crippen MR) is 140 cm³/mol. The van der Waals surface area contributed by atoms with Gasteiger partial charge in [0.25, 0.3) is 0 Å². The van der Waals surface area contributed by atoms with Gasteiger partial charge in [0, 0.05) is 6.61 Å². The molecule has 0 spiro atoms. The molecule has 3 fully saturated rings. The van der Waals surface area contributed by atoms with Crippen LogP contribution < -0.4 is 0 Å². The van der Waals surface area contributed by atoms with Gasteiger partial charge in [-0.15, -0.1) is 0 Å². The molecule has 0 radical (unpaired) electrons. The van der Waals surface area contributed by atoms with E-state index >= 15 is 0 Å². The van der Waals surface area contributed by atoms with Gasteiger partial charge in [0.15, 0.2) is 0 Å². The van der Waals surface area contributed by atoms with E-state index in [0.29, 0.717) is 6.61 Å². The van der Waals surface area contributed by atoms with Crippen LogP contribution in [-0.2, 0) is 0 Å². The summed E-state index contributed by atoms with van der Waals surface area (Å²) >= 11 is 0. The van der Waals surface area contributed by atoms with Crippen LogP contribution >= 0.6 is 0 Å². The Balaban J connectivity index is 1.34. The molecule has 0 aromatic heterocycles. The Morgan fingerprint density at radius 1 is 0.562 bits per heavy atom. The predicted octanol–water partition coefficient (Wildman–Crippen LogP) is 9.56. The highest BCUT2D eigenvalue weighted by molar-refractivity contribution is 4.88. The van der Waals surface area contributed by atoms with Crippen LogP contribution in [0.4, 0.5) is 0 Å². The Morgan fingerprint density at radius 2 is 1.12 bits per heavy atom. The van der Waals surface area contributed by atoms with E-state index in [1.54, 1.807) is 51.4 Å². The van der Waals surface area contributed by atoms with E-state index in [1.165, 1.54) is 77.0 Å². The van der Waals surface area contributed by atoms with Gasteiger partial charge in [-0.2, -0.15) is 0 Å². The second-order valence-electron chi connectivity index (χ2n) is 12.4. The smallest absolute Gasteiger partial charge is 0.0431 e. The van der Waals surface area contributed by atoms with Crippen LogP contribution in [0, 0.1) is 41.4 Å². The number of aliphatic hydroxyl groups is 1. The lowest BCUT2D eigenvalue weighted by Crippen LogP contribution is -2.34. The summed E-state index contributed by atoms with van der Waals surface area (Å²) in [5, 5.41) is 9.02. The van der Waals surface area contributed by atoms with Gasteiger partial charge in [-0.1, -0.05) is 90.9 Å². The van der Waals surface area contributed by atoms with Crippen LogP contribution in [0.1, 0.15) is 149 Å². The van der Waals surface area contributed by atoms with Gasteiger partial charge < -0.3 is 5.11 Å². The number of unbranched alkanes of at least 4 members (excludes halogenated alkanes) is 5. The number of hydrogen-bond acceptors (Lipinski definition) is 1. The molecule has 3 unspecified atom stereocenters. The highest BCUT2D eigenvalue weighted by atomic mass is 16.2. The molecule has 0 bridgehead atoms. The summed E-state index contributed by atoms with van der Waals surface area (Å²) in [5.74, 6) is 7.34. The first kappa shape index (κ1) is 26.6. The normalized spacial score (nSPS) is 36.3. The van der Waals surface area contributed by atoms with Crippen molar-refractivity contribution in [1.82, 2.24) is 0 Å². The zero-order valence-electron chi connectivity index (χ0n) is 22.0.